The van der Waals surface area contributed by atoms with Crippen LogP contribution in [-0.2, 0) is 14.3 Å². The number of ether oxygens (including phenoxy) is 1. The van der Waals surface area contributed by atoms with Crippen molar-refractivity contribution in [2.75, 3.05) is 0 Å². The van der Waals surface area contributed by atoms with Gasteiger partial charge in [0.2, 0.25) is 0 Å². The molecule has 0 bridgehead atoms. The number of hydrogen-bond acceptors (Lipinski definition) is 6. The van der Waals surface area contributed by atoms with Crippen molar-refractivity contribution in [1.82, 2.24) is 0 Å². The average Bonchev–Trinajstić information content (AvgIpc) is 3.21. The quantitative estimate of drug-likeness (QED) is 0.704. The summed E-state index contributed by atoms with van der Waals surface area (Å²) < 4.78 is 5.52. The van der Waals surface area contributed by atoms with Crippen molar-refractivity contribution in [2.24, 2.45) is 10.9 Å². The summed E-state index contributed by atoms with van der Waals surface area (Å²) in [5, 5.41) is 12.1. The molecule has 0 amide bonds. The number of Topliss-reactive ketones (excluding diaryl/α,β-unsaturated/α-hetero) is 1. The minimum Gasteiger partial charge on any atom is -0.508 e. The Bertz CT molecular complexity index is 1040. The number of thiophene rings is 1. The number of allylic oxidation sites excluding steroid dienone is 2. The van der Waals surface area contributed by atoms with E-state index in [1.807, 2.05) is 24.4 Å². The van der Waals surface area contributed by atoms with Crippen LogP contribution in [0.15, 0.2) is 58.0 Å². The Morgan fingerprint density at radius 2 is 2.03 bits per heavy atom. The van der Waals surface area contributed by atoms with Crippen molar-refractivity contribution < 1.29 is 19.4 Å². The standard InChI is InChI=1S/C24H25NO4S/c1-13(2)29-24(28)21-14(3)25-18-11-16(20-8-5-9-30-20)12-19(27)23(18)22(21)15-6-4-7-17(26)10-15/h4-10,13,16,21-22,26H,11-12H2,1-3H3/t16-,21?,22+/m1/s1. The van der Waals surface area contributed by atoms with Gasteiger partial charge >= 0.3 is 5.97 Å². The molecule has 4 rings (SSSR count). The van der Waals surface area contributed by atoms with E-state index in [-0.39, 0.29) is 29.5 Å². The maximum Gasteiger partial charge on any atom is 0.315 e. The van der Waals surface area contributed by atoms with Crippen molar-refractivity contribution in [3.8, 4) is 5.75 Å². The van der Waals surface area contributed by atoms with E-state index in [9.17, 15) is 14.7 Å². The third kappa shape index (κ3) is 3.84. The molecule has 2 aromatic rings. The molecule has 156 valence electrons. The third-order valence-electron chi connectivity index (χ3n) is 5.67. The van der Waals surface area contributed by atoms with Crippen LogP contribution in [0.2, 0.25) is 0 Å². The summed E-state index contributed by atoms with van der Waals surface area (Å²) in [6, 6.07) is 10.8. The Balaban J connectivity index is 1.81. The van der Waals surface area contributed by atoms with Gasteiger partial charge in [-0.2, -0.15) is 0 Å². The van der Waals surface area contributed by atoms with Gasteiger partial charge in [-0.05, 0) is 56.3 Å². The highest BCUT2D eigenvalue weighted by molar-refractivity contribution is 7.10. The van der Waals surface area contributed by atoms with Gasteiger partial charge in [0.1, 0.15) is 11.7 Å². The van der Waals surface area contributed by atoms with Crippen LogP contribution in [0.1, 0.15) is 55.9 Å². The first kappa shape index (κ1) is 20.5. The number of rotatable bonds is 4. The number of phenols is 1. The van der Waals surface area contributed by atoms with Crippen LogP contribution in [-0.4, -0.2) is 28.7 Å². The number of esters is 1. The molecule has 1 N–H and O–H groups in total. The maximum absolute atomic E-state index is 13.4. The van der Waals surface area contributed by atoms with Crippen molar-refractivity contribution in [3.05, 3.63) is 63.5 Å². The minimum atomic E-state index is -0.685. The number of carbonyl (C=O) groups is 2. The fourth-order valence-electron chi connectivity index (χ4n) is 4.47. The number of benzene rings is 1. The van der Waals surface area contributed by atoms with Crippen LogP contribution >= 0.6 is 11.3 Å². The second-order valence-electron chi connectivity index (χ2n) is 8.19. The Morgan fingerprint density at radius 1 is 1.23 bits per heavy atom. The van der Waals surface area contributed by atoms with Gasteiger partial charge in [-0.1, -0.05) is 18.2 Å². The van der Waals surface area contributed by atoms with Gasteiger partial charge in [-0.15, -0.1) is 11.3 Å². The first-order valence-electron chi connectivity index (χ1n) is 10.2. The molecule has 1 aliphatic heterocycles. The second kappa shape index (κ2) is 8.19. The topological polar surface area (TPSA) is 76.0 Å². The lowest BCUT2D eigenvalue weighted by Crippen LogP contribution is -2.38. The molecule has 6 heteroatoms. The number of aliphatic imine (C=N–C) groups is 1. The highest BCUT2D eigenvalue weighted by Crippen LogP contribution is 2.47. The van der Waals surface area contributed by atoms with Crippen LogP contribution < -0.4 is 0 Å². The second-order valence-corrected chi connectivity index (χ2v) is 9.17. The van der Waals surface area contributed by atoms with E-state index < -0.39 is 11.8 Å². The number of carbonyl (C=O) groups excluding carboxylic acids is 2. The fourth-order valence-corrected chi connectivity index (χ4v) is 5.30. The zero-order chi connectivity index (χ0) is 21.4. The largest absolute Gasteiger partial charge is 0.508 e. The predicted octanol–water partition coefficient (Wildman–Crippen LogP) is 4.98. The molecular weight excluding hydrogens is 398 g/mol. The van der Waals surface area contributed by atoms with Crippen LogP contribution in [0, 0.1) is 5.92 Å². The zero-order valence-corrected chi connectivity index (χ0v) is 18.1. The first-order chi connectivity index (χ1) is 14.3. The molecule has 3 atom stereocenters. The Morgan fingerprint density at radius 3 is 2.70 bits per heavy atom. The molecule has 1 unspecified atom stereocenters. The molecule has 0 saturated heterocycles. The molecule has 0 radical (unpaired) electrons. The van der Waals surface area contributed by atoms with Crippen LogP contribution in [0.4, 0.5) is 0 Å². The van der Waals surface area contributed by atoms with Gasteiger partial charge in [0.05, 0.1) is 6.10 Å². The van der Waals surface area contributed by atoms with Gasteiger partial charge in [0.15, 0.2) is 5.78 Å². The zero-order valence-electron chi connectivity index (χ0n) is 17.3. The average molecular weight is 424 g/mol. The lowest BCUT2D eigenvalue weighted by molar-refractivity contribution is -0.150. The van der Waals surface area contributed by atoms with E-state index >= 15 is 0 Å². The van der Waals surface area contributed by atoms with Gasteiger partial charge in [-0.3, -0.25) is 14.6 Å². The summed E-state index contributed by atoms with van der Waals surface area (Å²) >= 11 is 1.65. The van der Waals surface area contributed by atoms with Gasteiger partial charge in [0, 0.05) is 40.1 Å². The van der Waals surface area contributed by atoms with Crippen molar-refractivity contribution >= 4 is 28.8 Å². The summed E-state index contributed by atoms with van der Waals surface area (Å²) in [5.41, 5.74) is 2.71. The summed E-state index contributed by atoms with van der Waals surface area (Å²) in [6.07, 6.45) is 0.797. The summed E-state index contributed by atoms with van der Waals surface area (Å²) in [6.45, 7) is 5.43. The predicted molar refractivity (Wildman–Crippen MR) is 117 cm³/mol. The number of hydrogen-bond donors (Lipinski definition) is 1. The van der Waals surface area contributed by atoms with Crippen LogP contribution in [0.5, 0.6) is 5.75 Å². The van der Waals surface area contributed by atoms with Gasteiger partial charge in [0.25, 0.3) is 0 Å². The molecule has 5 nitrogen and oxygen atoms in total. The molecule has 0 spiro atoms. The van der Waals surface area contributed by atoms with Crippen molar-refractivity contribution in [3.63, 3.8) is 0 Å². The molecule has 2 aliphatic rings. The molecule has 1 aliphatic carbocycles. The normalized spacial score (nSPS) is 23.9. The molecule has 2 heterocycles. The van der Waals surface area contributed by atoms with Crippen LogP contribution in [0.3, 0.4) is 0 Å². The Kier molecular flexibility index (Phi) is 5.60. The van der Waals surface area contributed by atoms with Crippen molar-refractivity contribution in [1.29, 1.82) is 0 Å². The first-order valence-corrected chi connectivity index (χ1v) is 11.1. The molecule has 0 fully saturated rings. The summed E-state index contributed by atoms with van der Waals surface area (Å²) in [7, 11) is 0. The molecule has 1 aromatic heterocycles. The lowest BCUT2D eigenvalue weighted by atomic mass is 9.70. The monoisotopic (exact) mass is 423 g/mol. The van der Waals surface area contributed by atoms with Gasteiger partial charge in [-0.25, -0.2) is 0 Å². The molecule has 30 heavy (non-hydrogen) atoms. The number of aromatic hydroxyl groups is 1. The van der Waals surface area contributed by atoms with E-state index in [1.165, 1.54) is 4.88 Å². The van der Waals surface area contributed by atoms with E-state index in [2.05, 4.69) is 6.07 Å². The SMILES string of the molecule is CC1=NC2=C(C(=O)C[C@H](c3cccs3)C2)[C@@H](c2cccc(O)c2)C1C(=O)OC(C)C. The van der Waals surface area contributed by atoms with E-state index in [4.69, 9.17) is 9.73 Å². The Hall–Kier alpha value is -2.73. The minimum absolute atomic E-state index is 0.0154. The van der Waals surface area contributed by atoms with Crippen molar-refractivity contribution in [2.45, 2.75) is 51.6 Å². The fraction of sp³-hybridized carbons (Fsp3) is 0.375. The van der Waals surface area contributed by atoms with E-state index in [0.29, 0.717) is 24.1 Å². The molecule has 1 aromatic carbocycles. The number of nitrogens with zero attached hydrogens (tertiary/aromatic N) is 1. The summed E-state index contributed by atoms with van der Waals surface area (Å²) in [4.78, 5) is 32.3. The molecular formula is C24H25NO4S. The summed E-state index contributed by atoms with van der Waals surface area (Å²) in [5.74, 6) is -1.36. The number of phenolic OH excluding ortho intramolecular Hbond substituents is 1. The maximum atomic E-state index is 13.4. The smallest absolute Gasteiger partial charge is 0.315 e. The highest BCUT2D eigenvalue weighted by Gasteiger charge is 2.45. The van der Waals surface area contributed by atoms with E-state index in [1.54, 1.807) is 43.4 Å². The highest BCUT2D eigenvalue weighted by atomic mass is 32.1. The Labute approximate surface area is 180 Å². The van der Waals surface area contributed by atoms with E-state index in [0.717, 1.165) is 11.3 Å². The van der Waals surface area contributed by atoms with Gasteiger partial charge < -0.3 is 9.84 Å². The lowest BCUT2D eigenvalue weighted by Gasteiger charge is -2.36. The van der Waals surface area contributed by atoms with Crippen LogP contribution in [0.25, 0.3) is 0 Å². The number of ketones is 1. The molecule has 0 saturated carbocycles. The third-order valence-corrected chi connectivity index (χ3v) is 6.70.